The van der Waals surface area contributed by atoms with Gasteiger partial charge < -0.3 is 10.2 Å². The molecule has 4 bridgehead atoms. The number of benzene rings is 1. The van der Waals surface area contributed by atoms with Crippen LogP contribution >= 0.6 is 0 Å². The van der Waals surface area contributed by atoms with Crippen LogP contribution in [0.3, 0.4) is 0 Å². The van der Waals surface area contributed by atoms with Gasteiger partial charge in [-0.2, -0.15) is 0 Å². The van der Waals surface area contributed by atoms with Crippen molar-refractivity contribution >= 4 is 5.69 Å². The molecule has 1 N–H and O–H groups in total. The molecule has 1 aromatic rings. The number of hydrogen-bond donors (Lipinski definition) is 1. The van der Waals surface area contributed by atoms with Crippen LogP contribution in [0, 0.1) is 23.2 Å². The normalized spacial score (nSPS) is 36.2. The van der Waals surface area contributed by atoms with E-state index >= 15 is 0 Å². The highest BCUT2D eigenvalue weighted by molar-refractivity contribution is 5.45. The molecule has 1 atom stereocenters. The van der Waals surface area contributed by atoms with Crippen molar-refractivity contribution in [2.24, 2.45) is 23.2 Å². The Morgan fingerprint density at radius 1 is 1.00 bits per heavy atom. The van der Waals surface area contributed by atoms with Crippen molar-refractivity contribution in [3.8, 4) is 0 Å². The summed E-state index contributed by atoms with van der Waals surface area (Å²) in [5.74, 6) is 3.14. The van der Waals surface area contributed by atoms with Gasteiger partial charge in [0.25, 0.3) is 0 Å². The molecule has 1 aromatic carbocycles. The predicted octanol–water partition coefficient (Wildman–Crippen LogP) is 4.45. The van der Waals surface area contributed by atoms with Crippen LogP contribution in [0.5, 0.6) is 0 Å². The van der Waals surface area contributed by atoms with Gasteiger partial charge in [0, 0.05) is 32.4 Å². The predicted molar refractivity (Wildman–Crippen MR) is 97.7 cm³/mol. The molecule has 1 unspecified atom stereocenters. The highest BCUT2D eigenvalue weighted by Gasteiger charge is 2.52. The Kier molecular flexibility index (Phi) is 3.91. The SMILES string of the molecule is CC(NCc1ccc(N(C)C)cc1)C12CC3CC(CC(C3)C1)C2. The van der Waals surface area contributed by atoms with Gasteiger partial charge in [-0.3, -0.25) is 0 Å². The van der Waals surface area contributed by atoms with E-state index in [1.807, 2.05) is 0 Å². The van der Waals surface area contributed by atoms with Crippen LogP contribution in [0.15, 0.2) is 24.3 Å². The summed E-state index contributed by atoms with van der Waals surface area (Å²) in [5, 5.41) is 3.89. The molecule has 4 aliphatic carbocycles. The van der Waals surface area contributed by atoms with E-state index in [0.717, 1.165) is 24.3 Å². The Hall–Kier alpha value is -1.02. The number of rotatable bonds is 5. The molecule has 5 rings (SSSR count). The molecule has 23 heavy (non-hydrogen) atoms. The third kappa shape index (κ3) is 2.91. The van der Waals surface area contributed by atoms with Gasteiger partial charge in [-0.15, -0.1) is 0 Å². The van der Waals surface area contributed by atoms with Crippen LogP contribution in [0.1, 0.15) is 51.0 Å². The van der Waals surface area contributed by atoms with Gasteiger partial charge in [0.15, 0.2) is 0 Å². The zero-order chi connectivity index (χ0) is 16.0. The van der Waals surface area contributed by atoms with Gasteiger partial charge in [-0.05, 0) is 86.3 Å². The molecule has 0 spiro atoms. The van der Waals surface area contributed by atoms with E-state index in [4.69, 9.17) is 0 Å². The Labute approximate surface area is 141 Å². The summed E-state index contributed by atoms with van der Waals surface area (Å²) in [5.41, 5.74) is 3.30. The lowest BCUT2D eigenvalue weighted by Crippen LogP contribution is -2.54. The van der Waals surface area contributed by atoms with Crippen molar-refractivity contribution in [3.05, 3.63) is 29.8 Å². The van der Waals surface area contributed by atoms with Crippen LogP contribution in [-0.2, 0) is 6.54 Å². The minimum Gasteiger partial charge on any atom is -0.378 e. The monoisotopic (exact) mass is 312 g/mol. The Bertz CT molecular complexity index is 510. The second kappa shape index (κ2) is 5.81. The van der Waals surface area contributed by atoms with Crippen LogP contribution in [0.25, 0.3) is 0 Å². The van der Waals surface area contributed by atoms with Crippen LogP contribution < -0.4 is 10.2 Å². The van der Waals surface area contributed by atoms with E-state index in [0.29, 0.717) is 11.5 Å². The smallest absolute Gasteiger partial charge is 0.0361 e. The largest absolute Gasteiger partial charge is 0.378 e. The summed E-state index contributed by atoms with van der Waals surface area (Å²) in [6, 6.07) is 9.66. The molecular formula is C21H32N2. The molecule has 4 saturated carbocycles. The van der Waals surface area contributed by atoms with Gasteiger partial charge in [-0.1, -0.05) is 12.1 Å². The zero-order valence-electron chi connectivity index (χ0n) is 15.0. The van der Waals surface area contributed by atoms with Crippen molar-refractivity contribution in [1.29, 1.82) is 0 Å². The summed E-state index contributed by atoms with van der Waals surface area (Å²) in [6.07, 6.45) is 9.10. The fourth-order valence-corrected chi connectivity index (χ4v) is 6.11. The van der Waals surface area contributed by atoms with Gasteiger partial charge in [0.2, 0.25) is 0 Å². The maximum absolute atomic E-state index is 3.89. The summed E-state index contributed by atoms with van der Waals surface area (Å²) >= 11 is 0. The van der Waals surface area contributed by atoms with Gasteiger partial charge in [0.1, 0.15) is 0 Å². The van der Waals surface area contributed by atoms with Crippen molar-refractivity contribution in [2.75, 3.05) is 19.0 Å². The maximum atomic E-state index is 3.89. The lowest BCUT2D eigenvalue weighted by Gasteiger charge is -2.59. The maximum Gasteiger partial charge on any atom is 0.0361 e. The van der Waals surface area contributed by atoms with Crippen LogP contribution in [-0.4, -0.2) is 20.1 Å². The third-order valence-corrected chi connectivity index (χ3v) is 7.07. The van der Waals surface area contributed by atoms with E-state index in [2.05, 4.69) is 55.5 Å². The highest BCUT2D eigenvalue weighted by atomic mass is 15.1. The fourth-order valence-electron chi connectivity index (χ4n) is 6.11. The summed E-state index contributed by atoms with van der Waals surface area (Å²) < 4.78 is 0. The Morgan fingerprint density at radius 2 is 1.52 bits per heavy atom. The molecule has 0 aromatic heterocycles. The number of hydrogen-bond acceptors (Lipinski definition) is 2. The lowest BCUT2D eigenvalue weighted by atomic mass is 9.48. The topological polar surface area (TPSA) is 15.3 Å². The third-order valence-electron chi connectivity index (χ3n) is 7.07. The van der Waals surface area contributed by atoms with E-state index in [9.17, 15) is 0 Å². The summed E-state index contributed by atoms with van der Waals surface area (Å²) in [6.45, 7) is 3.47. The zero-order valence-corrected chi connectivity index (χ0v) is 15.0. The molecule has 0 radical (unpaired) electrons. The van der Waals surface area contributed by atoms with Gasteiger partial charge in [-0.25, -0.2) is 0 Å². The lowest BCUT2D eigenvalue weighted by molar-refractivity contribution is -0.0706. The minimum atomic E-state index is 0.609. The first-order valence-electron chi connectivity index (χ1n) is 9.54. The van der Waals surface area contributed by atoms with Crippen LogP contribution in [0.4, 0.5) is 5.69 Å². The highest BCUT2D eigenvalue weighted by Crippen LogP contribution is 2.61. The summed E-state index contributed by atoms with van der Waals surface area (Å²) in [4.78, 5) is 2.16. The van der Waals surface area contributed by atoms with Gasteiger partial charge >= 0.3 is 0 Å². The average molecular weight is 313 g/mol. The molecule has 126 valence electrons. The quantitative estimate of drug-likeness (QED) is 0.864. The second-order valence-corrected chi connectivity index (χ2v) is 8.94. The minimum absolute atomic E-state index is 0.609. The molecule has 0 heterocycles. The first kappa shape index (κ1) is 15.5. The first-order valence-corrected chi connectivity index (χ1v) is 9.54. The van der Waals surface area contributed by atoms with E-state index in [1.54, 1.807) is 0 Å². The molecule has 0 aliphatic heterocycles. The van der Waals surface area contributed by atoms with Gasteiger partial charge in [0.05, 0.1) is 0 Å². The number of anilines is 1. The standard InChI is InChI=1S/C21H32N2/c1-15(22-14-16-4-6-20(7-5-16)23(2)3)21-11-17-8-18(12-21)10-19(9-17)13-21/h4-7,15,17-19,22H,8-14H2,1-3H3. The molecular weight excluding hydrogens is 280 g/mol. The van der Waals surface area contributed by atoms with Crippen molar-refractivity contribution in [1.82, 2.24) is 5.32 Å². The average Bonchev–Trinajstić information content (AvgIpc) is 2.51. The molecule has 2 nitrogen and oxygen atoms in total. The van der Waals surface area contributed by atoms with E-state index in [-0.39, 0.29) is 0 Å². The van der Waals surface area contributed by atoms with Crippen molar-refractivity contribution in [3.63, 3.8) is 0 Å². The molecule has 4 aliphatic rings. The van der Waals surface area contributed by atoms with Crippen LogP contribution in [0.2, 0.25) is 0 Å². The second-order valence-electron chi connectivity index (χ2n) is 8.94. The molecule has 2 heteroatoms. The fraction of sp³-hybridized carbons (Fsp3) is 0.714. The number of nitrogens with zero attached hydrogens (tertiary/aromatic N) is 1. The summed E-state index contributed by atoms with van der Waals surface area (Å²) in [7, 11) is 4.20. The molecule has 0 saturated heterocycles. The van der Waals surface area contributed by atoms with Crippen molar-refractivity contribution in [2.45, 2.75) is 58.0 Å². The Balaban J connectivity index is 1.39. The molecule has 0 amide bonds. The van der Waals surface area contributed by atoms with Crippen molar-refractivity contribution < 1.29 is 0 Å². The number of nitrogens with one attached hydrogen (secondary N) is 1. The van der Waals surface area contributed by atoms with E-state index < -0.39 is 0 Å². The first-order chi connectivity index (χ1) is 11.0. The van der Waals surface area contributed by atoms with E-state index in [1.165, 1.54) is 49.8 Å². The Morgan fingerprint density at radius 3 is 2.00 bits per heavy atom. The molecule has 4 fully saturated rings.